The zero-order valence-corrected chi connectivity index (χ0v) is 10.7. The Morgan fingerprint density at radius 2 is 2.15 bits per heavy atom. The van der Waals surface area contributed by atoms with Gasteiger partial charge in [-0.1, -0.05) is 50.1 Å². The third kappa shape index (κ3) is 3.65. The number of halogens is 2. The third-order valence-corrected chi connectivity index (χ3v) is 2.76. The molecule has 0 aliphatic heterocycles. The van der Waals surface area contributed by atoms with Gasteiger partial charge in [-0.2, -0.15) is 0 Å². The molecule has 0 aliphatic carbocycles. The second kappa shape index (κ2) is 5.61. The number of hydrogen-bond acceptors (Lipinski definition) is 0. The molecule has 0 aromatic heterocycles. The van der Waals surface area contributed by atoms with Crippen LogP contribution < -0.4 is 0 Å². The normalized spacial score (nSPS) is 11.0. The van der Waals surface area contributed by atoms with E-state index in [2.05, 4.69) is 69.1 Å². The van der Waals surface area contributed by atoms with Crippen molar-refractivity contribution in [3.63, 3.8) is 0 Å². The molecule has 0 amide bonds. The highest BCUT2D eigenvalue weighted by Crippen LogP contribution is 2.17. The van der Waals surface area contributed by atoms with Crippen LogP contribution >= 0.6 is 31.9 Å². The number of allylic oxidation sites excluding steroid dienone is 1. The summed E-state index contributed by atoms with van der Waals surface area (Å²) < 4.78 is 1.14. The third-order valence-electron chi connectivity index (χ3n) is 1.81. The minimum absolute atomic E-state index is 1.03. The number of rotatable bonds is 3. The predicted octanol–water partition coefficient (Wildman–Crippen LogP) is 4.56. The largest absolute Gasteiger partial charge is 0.0925 e. The summed E-state index contributed by atoms with van der Waals surface area (Å²) in [6.45, 7) is 2.12. The lowest BCUT2D eigenvalue weighted by molar-refractivity contribution is 1.27. The lowest BCUT2D eigenvalue weighted by Gasteiger charge is -2.00. The second-order valence-electron chi connectivity index (χ2n) is 2.88. The van der Waals surface area contributed by atoms with Crippen molar-refractivity contribution in [2.24, 2.45) is 0 Å². The minimum atomic E-state index is 1.03. The van der Waals surface area contributed by atoms with Crippen molar-refractivity contribution in [3.8, 4) is 0 Å². The average Bonchev–Trinajstić information content (AvgIpc) is 2.09. The van der Waals surface area contributed by atoms with E-state index in [0.29, 0.717) is 0 Å². The van der Waals surface area contributed by atoms with Gasteiger partial charge in [-0.15, -0.1) is 0 Å². The predicted molar refractivity (Wildman–Crippen MR) is 66.3 cm³/mol. The maximum Gasteiger partial charge on any atom is 0.0178 e. The monoisotopic (exact) mass is 302 g/mol. The van der Waals surface area contributed by atoms with Crippen LogP contribution in [0.4, 0.5) is 0 Å². The Bertz CT molecular complexity index is 303. The fraction of sp³-hybridized carbons (Fsp3) is 0.273. The summed E-state index contributed by atoms with van der Waals surface area (Å²) in [4.78, 5) is 0. The number of aryl methyl sites for hydroxylation is 1. The lowest BCUT2D eigenvalue weighted by atomic mass is 10.1. The van der Waals surface area contributed by atoms with Crippen LogP contribution in [0.3, 0.4) is 0 Å². The van der Waals surface area contributed by atoms with Crippen LogP contribution in [0.2, 0.25) is 0 Å². The highest BCUT2D eigenvalue weighted by Gasteiger charge is 1.93. The SMILES string of the molecule is Cc1cc(Br)ccc1C=CCCBr. The van der Waals surface area contributed by atoms with Crippen LogP contribution in [-0.2, 0) is 0 Å². The van der Waals surface area contributed by atoms with Gasteiger partial charge >= 0.3 is 0 Å². The number of alkyl halides is 1. The molecule has 0 bridgehead atoms. The van der Waals surface area contributed by atoms with E-state index in [9.17, 15) is 0 Å². The van der Waals surface area contributed by atoms with Crippen molar-refractivity contribution >= 4 is 37.9 Å². The van der Waals surface area contributed by atoms with Gasteiger partial charge in [0.25, 0.3) is 0 Å². The van der Waals surface area contributed by atoms with Crippen molar-refractivity contribution in [2.45, 2.75) is 13.3 Å². The Labute approximate surface area is 96.3 Å². The zero-order valence-electron chi connectivity index (χ0n) is 7.56. The molecule has 0 nitrogen and oxygen atoms in total. The topological polar surface area (TPSA) is 0 Å². The molecule has 0 atom stereocenters. The fourth-order valence-corrected chi connectivity index (χ4v) is 1.84. The second-order valence-corrected chi connectivity index (χ2v) is 4.59. The van der Waals surface area contributed by atoms with Crippen molar-refractivity contribution in [1.82, 2.24) is 0 Å². The standard InChI is InChI=1S/C11H12Br2/c1-9-8-11(13)6-5-10(9)4-2-3-7-12/h2,4-6,8H,3,7H2,1H3. The van der Waals surface area contributed by atoms with Crippen LogP contribution in [-0.4, -0.2) is 5.33 Å². The van der Waals surface area contributed by atoms with Crippen LogP contribution in [0, 0.1) is 6.92 Å². The van der Waals surface area contributed by atoms with E-state index in [-0.39, 0.29) is 0 Å². The van der Waals surface area contributed by atoms with Gasteiger partial charge in [-0.3, -0.25) is 0 Å². The van der Waals surface area contributed by atoms with Gasteiger partial charge in [0, 0.05) is 9.80 Å². The molecule has 0 saturated heterocycles. The lowest BCUT2D eigenvalue weighted by Crippen LogP contribution is -1.79. The van der Waals surface area contributed by atoms with Crippen LogP contribution in [0.5, 0.6) is 0 Å². The molecular weight excluding hydrogens is 292 g/mol. The zero-order chi connectivity index (χ0) is 9.68. The Hall–Kier alpha value is -0.0800. The van der Waals surface area contributed by atoms with Gasteiger partial charge in [0.15, 0.2) is 0 Å². The fourth-order valence-electron chi connectivity index (χ4n) is 1.10. The van der Waals surface area contributed by atoms with E-state index in [0.717, 1.165) is 16.2 Å². The molecule has 0 unspecified atom stereocenters. The molecule has 0 aliphatic rings. The molecule has 1 aromatic carbocycles. The number of hydrogen-bond donors (Lipinski definition) is 0. The summed E-state index contributed by atoms with van der Waals surface area (Å²) in [5, 5.41) is 1.03. The Morgan fingerprint density at radius 3 is 2.77 bits per heavy atom. The molecule has 0 N–H and O–H groups in total. The van der Waals surface area contributed by atoms with Crippen LogP contribution in [0.15, 0.2) is 28.7 Å². The summed E-state index contributed by atoms with van der Waals surface area (Å²) in [5.74, 6) is 0. The molecule has 2 heteroatoms. The summed E-state index contributed by atoms with van der Waals surface area (Å²) in [5.41, 5.74) is 2.60. The molecule has 0 radical (unpaired) electrons. The molecule has 1 aromatic rings. The van der Waals surface area contributed by atoms with Crippen molar-refractivity contribution < 1.29 is 0 Å². The van der Waals surface area contributed by atoms with E-state index in [1.807, 2.05) is 0 Å². The highest BCUT2D eigenvalue weighted by atomic mass is 79.9. The first-order chi connectivity index (χ1) is 6.24. The quantitative estimate of drug-likeness (QED) is 0.718. The smallest absolute Gasteiger partial charge is 0.0178 e. The summed E-state index contributed by atoms with van der Waals surface area (Å²) in [7, 11) is 0. The van der Waals surface area contributed by atoms with E-state index in [1.54, 1.807) is 0 Å². The van der Waals surface area contributed by atoms with E-state index >= 15 is 0 Å². The average molecular weight is 304 g/mol. The first-order valence-corrected chi connectivity index (χ1v) is 6.14. The van der Waals surface area contributed by atoms with E-state index in [4.69, 9.17) is 0 Å². The van der Waals surface area contributed by atoms with Gasteiger partial charge < -0.3 is 0 Å². The summed E-state index contributed by atoms with van der Waals surface area (Å²) in [6, 6.07) is 6.33. The molecule has 70 valence electrons. The van der Waals surface area contributed by atoms with Gasteiger partial charge in [-0.05, 0) is 36.6 Å². The molecular formula is C11H12Br2. The van der Waals surface area contributed by atoms with Crippen LogP contribution in [0.25, 0.3) is 6.08 Å². The van der Waals surface area contributed by atoms with E-state index < -0.39 is 0 Å². The first kappa shape index (κ1) is 11.0. The first-order valence-electron chi connectivity index (χ1n) is 4.22. The number of benzene rings is 1. The Morgan fingerprint density at radius 1 is 1.38 bits per heavy atom. The summed E-state index contributed by atoms with van der Waals surface area (Å²) >= 11 is 6.84. The molecule has 1 rings (SSSR count). The van der Waals surface area contributed by atoms with E-state index in [1.165, 1.54) is 11.1 Å². The molecule has 0 fully saturated rings. The maximum atomic E-state index is 3.45. The molecule has 0 spiro atoms. The van der Waals surface area contributed by atoms with Crippen molar-refractivity contribution in [3.05, 3.63) is 39.9 Å². The van der Waals surface area contributed by atoms with Crippen molar-refractivity contribution in [1.29, 1.82) is 0 Å². The Kier molecular flexibility index (Phi) is 4.74. The van der Waals surface area contributed by atoms with Crippen molar-refractivity contribution in [2.75, 3.05) is 5.33 Å². The van der Waals surface area contributed by atoms with Gasteiger partial charge in [0.05, 0.1) is 0 Å². The minimum Gasteiger partial charge on any atom is -0.0925 e. The molecule has 13 heavy (non-hydrogen) atoms. The highest BCUT2D eigenvalue weighted by molar-refractivity contribution is 9.10. The maximum absolute atomic E-state index is 3.45. The van der Waals surface area contributed by atoms with Crippen LogP contribution in [0.1, 0.15) is 17.5 Å². The molecule has 0 heterocycles. The Balaban J connectivity index is 2.77. The van der Waals surface area contributed by atoms with Gasteiger partial charge in [0.2, 0.25) is 0 Å². The van der Waals surface area contributed by atoms with Gasteiger partial charge in [0.1, 0.15) is 0 Å². The van der Waals surface area contributed by atoms with Gasteiger partial charge in [-0.25, -0.2) is 0 Å². The molecule has 0 saturated carbocycles. The summed E-state index contributed by atoms with van der Waals surface area (Å²) in [6.07, 6.45) is 5.43.